The lowest BCUT2D eigenvalue weighted by molar-refractivity contribution is -0.139. The first-order chi connectivity index (χ1) is 9.29. The van der Waals surface area contributed by atoms with E-state index >= 15 is 0 Å². The molecule has 1 fully saturated rings. The molecule has 0 aliphatic carbocycles. The SMILES string of the molecule is CC1CN(C(=O)N[C@@H](CCC(N)=O)C(=O)O)CC(C)S1. The highest BCUT2D eigenvalue weighted by molar-refractivity contribution is 8.00. The highest BCUT2D eigenvalue weighted by Gasteiger charge is 2.28. The first-order valence-electron chi connectivity index (χ1n) is 6.51. The molecule has 0 aromatic rings. The molecule has 114 valence electrons. The van der Waals surface area contributed by atoms with Crippen molar-refractivity contribution in [1.29, 1.82) is 0 Å². The van der Waals surface area contributed by atoms with Gasteiger partial charge in [0.25, 0.3) is 0 Å². The van der Waals surface area contributed by atoms with Gasteiger partial charge in [-0.25, -0.2) is 9.59 Å². The lowest BCUT2D eigenvalue weighted by atomic mass is 10.1. The topological polar surface area (TPSA) is 113 Å². The monoisotopic (exact) mass is 303 g/mol. The fraction of sp³-hybridized carbons (Fsp3) is 0.750. The number of carboxylic acids is 1. The summed E-state index contributed by atoms with van der Waals surface area (Å²) in [5.41, 5.74) is 4.99. The summed E-state index contributed by atoms with van der Waals surface area (Å²) in [6, 6.07) is -1.49. The summed E-state index contributed by atoms with van der Waals surface area (Å²) >= 11 is 1.80. The Kier molecular flexibility index (Phi) is 6.12. The van der Waals surface area contributed by atoms with Gasteiger partial charge in [-0.15, -0.1) is 0 Å². The van der Waals surface area contributed by atoms with Gasteiger partial charge in [-0.05, 0) is 6.42 Å². The molecule has 1 heterocycles. The number of nitrogens with one attached hydrogen (secondary N) is 1. The van der Waals surface area contributed by atoms with Crippen molar-refractivity contribution in [3.63, 3.8) is 0 Å². The molecule has 0 aromatic heterocycles. The first-order valence-corrected chi connectivity index (χ1v) is 7.46. The van der Waals surface area contributed by atoms with Crippen LogP contribution in [0.25, 0.3) is 0 Å². The Labute approximate surface area is 122 Å². The molecular weight excluding hydrogens is 282 g/mol. The summed E-state index contributed by atoms with van der Waals surface area (Å²) in [6.07, 6.45) is -0.0655. The zero-order valence-electron chi connectivity index (χ0n) is 11.7. The molecule has 7 nitrogen and oxygen atoms in total. The third-order valence-corrected chi connectivity index (χ3v) is 4.21. The Morgan fingerprint density at radius 2 is 1.90 bits per heavy atom. The fourth-order valence-corrected chi connectivity index (χ4v) is 3.45. The van der Waals surface area contributed by atoms with Gasteiger partial charge in [0.05, 0.1) is 0 Å². The van der Waals surface area contributed by atoms with Crippen molar-refractivity contribution < 1.29 is 19.5 Å². The molecule has 4 N–H and O–H groups in total. The number of hydrogen-bond acceptors (Lipinski definition) is 4. The number of nitrogens with two attached hydrogens (primary N) is 1. The predicted octanol–water partition coefficient (Wildman–Crippen LogP) is 0.241. The molecule has 0 spiro atoms. The van der Waals surface area contributed by atoms with Crippen LogP contribution in [-0.2, 0) is 9.59 Å². The van der Waals surface area contributed by atoms with Crippen LogP contribution in [0.5, 0.6) is 0 Å². The van der Waals surface area contributed by atoms with Crippen LogP contribution in [0.15, 0.2) is 0 Å². The van der Waals surface area contributed by atoms with Gasteiger partial charge in [0.2, 0.25) is 5.91 Å². The van der Waals surface area contributed by atoms with Gasteiger partial charge in [-0.3, -0.25) is 4.79 Å². The van der Waals surface area contributed by atoms with E-state index in [2.05, 4.69) is 5.32 Å². The molecule has 0 saturated carbocycles. The quantitative estimate of drug-likeness (QED) is 0.673. The number of carbonyl (C=O) groups excluding carboxylic acids is 2. The summed E-state index contributed by atoms with van der Waals surface area (Å²) in [5.74, 6) is -1.74. The number of hydrogen-bond donors (Lipinski definition) is 3. The highest BCUT2D eigenvalue weighted by atomic mass is 32.2. The van der Waals surface area contributed by atoms with Crippen LogP contribution in [0.3, 0.4) is 0 Å². The molecule has 3 amide bonds. The molecule has 2 unspecified atom stereocenters. The maximum Gasteiger partial charge on any atom is 0.326 e. The van der Waals surface area contributed by atoms with E-state index in [1.807, 2.05) is 13.8 Å². The maximum atomic E-state index is 12.1. The van der Waals surface area contributed by atoms with E-state index in [1.165, 1.54) is 0 Å². The van der Waals surface area contributed by atoms with Crippen LogP contribution in [0.1, 0.15) is 26.7 Å². The van der Waals surface area contributed by atoms with E-state index in [0.29, 0.717) is 23.6 Å². The Balaban J connectivity index is 2.56. The molecule has 20 heavy (non-hydrogen) atoms. The van der Waals surface area contributed by atoms with Gasteiger partial charge < -0.3 is 21.1 Å². The smallest absolute Gasteiger partial charge is 0.326 e. The van der Waals surface area contributed by atoms with E-state index in [9.17, 15) is 14.4 Å². The third kappa shape index (κ3) is 5.28. The van der Waals surface area contributed by atoms with Gasteiger partial charge in [0.1, 0.15) is 6.04 Å². The summed E-state index contributed by atoms with van der Waals surface area (Å²) in [6.45, 7) is 5.23. The zero-order chi connectivity index (χ0) is 15.3. The average Bonchev–Trinajstić information content (AvgIpc) is 2.32. The maximum absolute atomic E-state index is 12.1. The van der Waals surface area contributed by atoms with Gasteiger partial charge in [-0.1, -0.05) is 13.8 Å². The second-order valence-corrected chi connectivity index (χ2v) is 6.89. The molecule has 1 aliphatic heterocycles. The predicted molar refractivity (Wildman–Crippen MR) is 76.5 cm³/mol. The minimum absolute atomic E-state index is 0.00407. The lowest BCUT2D eigenvalue weighted by Crippen LogP contribution is -2.52. The van der Waals surface area contributed by atoms with Crippen LogP contribution in [0.4, 0.5) is 4.79 Å². The van der Waals surface area contributed by atoms with E-state index in [0.717, 1.165) is 0 Å². The summed E-state index contributed by atoms with van der Waals surface area (Å²) in [5, 5.41) is 12.1. The van der Waals surface area contributed by atoms with Crippen molar-refractivity contribution in [1.82, 2.24) is 10.2 Å². The van der Waals surface area contributed by atoms with Crippen molar-refractivity contribution in [3.8, 4) is 0 Å². The Bertz CT molecular complexity index is 381. The third-order valence-electron chi connectivity index (χ3n) is 2.98. The second-order valence-electron chi connectivity index (χ2n) is 5.01. The number of carboxylic acid groups (broad SMARTS) is 1. The van der Waals surface area contributed by atoms with Gasteiger partial charge in [-0.2, -0.15) is 11.8 Å². The van der Waals surface area contributed by atoms with Gasteiger partial charge in [0, 0.05) is 30.0 Å². The van der Waals surface area contributed by atoms with Crippen molar-refractivity contribution in [2.45, 2.75) is 43.2 Å². The van der Waals surface area contributed by atoms with E-state index in [1.54, 1.807) is 16.7 Å². The first kappa shape index (κ1) is 16.6. The number of rotatable bonds is 5. The fourth-order valence-electron chi connectivity index (χ4n) is 2.13. The number of carbonyl (C=O) groups is 3. The Morgan fingerprint density at radius 3 is 2.35 bits per heavy atom. The van der Waals surface area contributed by atoms with Crippen molar-refractivity contribution in [2.75, 3.05) is 13.1 Å². The van der Waals surface area contributed by atoms with Gasteiger partial charge in [0.15, 0.2) is 0 Å². The minimum Gasteiger partial charge on any atom is -0.480 e. The van der Waals surface area contributed by atoms with Crippen molar-refractivity contribution in [2.24, 2.45) is 5.73 Å². The minimum atomic E-state index is -1.16. The largest absolute Gasteiger partial charge is 0.480 e. The normalized spacial score (nSPS) is 24.0. The molecule has 1 rings (SSSR count). The molecule has 1 aliphatic rings. The molecule has 8 heteroatoms. The van der Waals surface area contributed by atoms with E-state index in [4.69, 9.17) is 10.8 Å². The number of amides is 3. The Morgan fingerprint density at radius 1 is 1.35 bits per heavy atom. The molecule has 0 aromatic carbocycles. The number of nitrogens with zero attached hydrogens (tertiary/aromatic N) is 1. The number of urea groups is 1. The van der Waals surface area contributed by atoms with E-state index in [-0.39, 0.29) is 12.8 Å². The Hall–Kier alpha value is -1.44. The molecular formula is C12H21N3O4S. The molecule has 1 saturated heterocycles. The number of thioether (sulfide) groups is 1. The van der Waals surface area contributed by atoms with Crippen molar-refractivity contribution >= 4 is 29.7 Å². The second kappa shape index (κ2) is 7.37. The molecule has 0 bridgehead atoms. The number of aliphatic carboxylic acids is 1. The van der Waals surface area contributed by atoms with Crippen LogP contribution in [-0.4, -0.2) is 57.5 Å². The average molecular weight is 303 g/mol. The van der Waals surface area contributed by atoms with Crippen LogP contribution < -0.4 is 11.1 Å². The van der Waals surface area contributed by atoms with Crippen molar-refractivity contribution in [3.05, 3.63) is 0 Å². The van der Waals surface area contributed by atoms with Crippen LogP contribution >= 0.6 is 11.8 Å². The summed E-state index contributed by atoms with van der Waals surface area (Å²) in [4.78, 5) is 35.5. The highest BCUT2D eigenvalue weighted by Crippen LogP contribution is 2.24. The van der Waals surface area contributed by atoms with Crippen LogP contribution in [0.2, 0.25) is 0 Å². The summed E-state index contributed by atoms with van der Waals surface area (Å²) in [7, 11) is 0. The summed E-state index contributed by atoms with van der Waals surface area (Å²) < 4.78 is 0. The van der Waals surface area contributed by atoms with E-state index < -0.39 is 23.9 Å². The lowest BCUT2D eigenvalue weighted by Gasteiger charge is -2.35. The van der Waals surface area contributed by atoms with Gasteiger partial charge >= 0.3 is 12.0 Å². The zero-order valence-corrected chi connectivity index (χ0v) is 12.5. The number of primary amides is 1. The molecule has 3 atom stereocenters. The standard InChI is InChI=1S/C12H21N3O4S/c1-7-5-15(6-8(2)20-7)12(19)14-9(11(17)18)3-4-10(13)16/h7-9H,3-6H2,1-2H3,(H2,13,16)(H,14,19)(H,17,18)/t7?,8?,9-/m0/s1. The van der Waals surface area contributed by atoms with Crippen LogP contribution in [0, 0.1) is 0 Å². The molecule has 0 radical (unpaired) electrons.